The van der Waals surface area contributed by atoms with E-state index in [2.05, 4.69) is 5.32 Å². The number of nitrogens with one attached hydrogen (secondary N) is 1. The van der Waals surface area contributed by atoms with E-state index in [1.807, 2.05) is 19.9 Å². The molecule has 19 heavy (non-hydrogen) atoms. The Balaban J connectivity index is 1.88. The van der Waals surface area contributed by atoms with Crippen molar-refractivity contribution in [1.29, 1.82) is 0 Å². The van der Waals surface area contributed by atoms with Crippen molar-refractivity contribution in [3.63, 3.8) is 0 Å². The predicted octanol–water partition coefficient (Wildman–Crippen LogP) is 2.88. The fourth-order valence-corrected chi connectivity index (χ4v) is 1.82. The van der Waals surface area contributed by atoms with Gasteiger partial charge in [0.1, 0.15) is 6.61 Å². The smallest absolute Gasteiger partial charge is 0.165 e. The Morgan fingerprint density at radius 1 is 1.32 bits per heavy atom. The van der Waals surface area contributed by atoms with E-state index < -0.39 is 0 Å². The van der Waals surface area contributed by atoms with Gasteiger partial charge in [0.2, 0.25) is 0 Å². The fraction of sp³-hybridized carbons (Fsp3) is 0.600. The van der Waals surface area contributed by atoms with Crippen LogP contribution in [0.3, 0.4) is 0 Å². The maximum atomic E-state index is 13.8. The molecule has 0 bridgehead atoms. The third-order valence-corrected chi connectivity index (χ3v) is 2.99. The van der Waals surface area contributed by atoms with Crippen LogP contribution in [-0.2, 0) is 11.3 Å². The van der Waals surface area contributed by atoms with Crippen molar-refractivity contribution >= 4 is 0 Å². The molecule has 0 heterocycles. The van der Waals surface area contributed by atoms with E-state index in [0.717, 1.165) is 5.56 Å². The average molecular weight is 267 g/mol. The molecule has 0 unspecified atom stereocenters. The second-order valence-electron chi connectivity index (χ2n) is 5.15. The first-order valence-electron chi connectivity index (χ1n) is 6.92. The van der Waals surface area contributed by atoms with Crippen LogP contribution in [0.2, 0.25) is 0 Å². The van der Waals surface area contributed by atoms with Gasteiger partial charge in [0.05, 0.1) is 12.7 Å². The zero-order valence-electron chi connectivity index (χ0n) is 11.6. The molecule has 3 nitrogen and oxygen atoms in total. The first-order valence-corrected chi connectivity index (χ1v) is 6.92. The van der Waals surface area contributed by atoms with Gasteiger partial charge in [-0.25, -0.2) is 4.39 Å². The molecule has 1 N–H and O–H groups in total. The van der Waals surface area contributed by atoms with Gasteiger partial charge in [0, 0.05) is 18.2 Å². The molecule has 0 saturated heterocycles. The molecule has 1 aliphatic rings. The molecule has 0 radical (unpaired) electrons. The van der Waals surface area contributed by atoms with Crippen molar-refractivity contribution in [1.82, 2.24) is 5.32 Å². The lowest BCUT2D eigenvalue weighted by molar-refractivity contribution is 0.0542. The van der Waals surface area contributed by atoms with Gasteiger partial charge in [0.25, 0.3) is 0 Å². The maximum Gasteiger partial charge on any atom is 0.165 e. The highest BCUT2D eigenvalue weighted by Crippen LogP contribution is 2.25. The van der Waals surface area contributed by atoms with Crippen LogP contribution in [0.25, 0.3) is 0 Å². The van der Waals surface area contributed by atoms with Gasteiger partial charge in [-0.05, 0) is 32.8 Å². The van der Waals surface area contributed by atoms with Crippen molar-refractivity contribution in [2.75, 3.05) is 13.2 Å². The van der Waals surface area contributed by atoms with Crippen LogP contribution in [0.15, 0.2) is 18.2 Å². The standard InChI is InChI=1S/C15H22FNO2/c1-11(2)18-8-9-19-15-12(4-3-5-14(15)16)10-17-13-6-7-13/h3-5,11,13,17H,6-10H2,1-2H3. The molecule has 0 aliphatic heterocycles. The van der Waals surface area contributed by atoms with Gasteiger partial charge < -0.3 is 14.8 Å². The molecule has 1 aliphatic carbocycles. The van der Waals surface area contributed by atoms with Crippen LogP contribution >= 0.6 is 0 Å². The highest BCUT2D eigenvalue weighted by molar-refractivity contribution is 5.35. The van der Waals surface area contributed by atoms with Crippen molar-refractivity contribution in [2.24, 2.45) is 0 Å². The molecule has 0 atom stereocenters. The first kappa shape index (κ1) is 14.3. The van der Waals surface area contributed by atoms with Crippen molar-refractivity contribution < 1.29 is 13.9 Å². The SMILES string of the molecule is CC(C)OCCOc1c(F)cccc1CNC1CC1. The Hall–Kier alpha value is -1.13. The van der Waals surface area contributed by atoms with Gasteiger partial charge in [-0.1, -0.05) is 12.1 Å². The van der Waals surface area contributed by atoms with Crippen LogP contribution in [0.5, 0.6) is 5.75 Å². The van der Waals surface area contributed by atoms with Crippen molar-refractivity contribution in [3.05, 3.63) is 29.6 Å². The minimum atomic E-state index is -0.306. The molecule has 2 rings (SSSR count). The molecule has 0 amide bonds. The molecule has 1 aromatic carbocycles. The Bertz CT molecular complexity index is 405. The fourth-order valence-electron chi connectivity index (χ4n) is 1.82. The summed E-state index contributed by atoms with van der Waals surface area (Å²) in [6, 6.07) is 5.65. The van der Waals surface area contributed by atoms with E-state index in [1.54, 1.807) is 6.07 Å². The quantitative estimate of drug-likeness (QED) is 0.735. The zero-order chi connectivity index (χ0) is 13.7. The number of halogens is 1. The number of benzene rings is 1. The van der Waals surface area contributed by atoms with Gasteiger partial charge in [-0.3, -0.25) is 0 Å². The van der Waals surface area contributed by atoms with E-state index in [1.165, 1.54) is 18.9 Å². The third-order valence-electron chi connectivity index (χ3n) is 2.99. The second kappa shape index (κ2) is 6.87. The normalized spacial score (nSPS) is 14.9. The van der Waals surface area contributed by atoms with Crippen LogP contribution in [0.4, 0.5) is 4.39 Å². The van der Waals surface area contributed by atoms with E-state index >= 15 is 0 Å². The Morgan fingerprint density at radius 3 is 2.79 bits per heavy atom. The van der Waals surface area contributed by atoms with Crippen LogP contribution in [-0.4, -0.2) is 25.4 Å². The first-order chi connectivity index (χ1) is 9.16. The average Bonchev–Trinajstić information content (AvgIpc) is 3.17. The van der Waals surface area contributed by atoms with Gasteiger partial charge in [0.15, 0.2) is 11.6 Å². The van der Waals surface area contributed by atoms with Crippen LogP contribution < -0.4 is 10.1 Å². The molecule has 106 valence electrons. The predicted molar refractivity (Wildman–Crippen MR) is 72.8 cm³/mol. The lowest BCUT2D eigenvalue weighted by atomic mass is 10.2. The Labute approximate surface area is 114 Å². The summed E-state index contributed by atoms with van der Waals surface area (Å²) >= 11 is 0. The summed E-state index contributed by atoms with van der Waals surface area (Å²) in [5.41, 5.74) is 0.872. The van der Waals surface area contributed by atoms with E-state index in [0.29, 0.717) is 31.5 Å². The summed E-state index contributed by atoms with van der Waals surface area (Å²) in [5.74, 6) is 0.0441. The van der Waals surface area contributed by atoms with Crippen LogP contribution in [0, 0.1) is 5.82 Å². The highest BCUT2D eigenvalue weighted by atomic mass is 19.1. The topological polar surface area (TPSA) is 30.5 Å². The molecule has 4 heteroatoms. The van der Waals surface area contributed by atoms with Crippen molar-refractivity contribution in [3.8, 4) is 5.75 Å². The molecule has 1 fully saturated rings. The number of hydrogen-bond donors (Lipinski definition) is 1. The second-order valence-corrected chi connectivity index (χ2v) is 5.15. The zero-order valence-corrected chi connectivity index (χ0v) is 11.6. The number of ether oxygens (including phenoxy) is 2. The molecular weight excluding hydrogens is 245 g/mol. The number of hydrogen-bond acceptors (Lipinski definition) is 3. The number of para-hydroxylation sites is 1. The summed E-state index contributed by atoms with van der Waals surface area (Å²) in [4.78, 5) is 0. The summed E-state index contributed by atoms with van der Waals surface area (Å²) in [7, 11) is 0. The van der Waals surface area contributed by atoms with E-state index in [-0.39, 0.29) is 11.9 Å². The molecule has 1 saturated carbocycles. The van der Waals surface area contributed by atoms with Gasteiger partial charge >= 0.3 is 0 Å². The van der Waals surface area contributed by atoms with Crippen molar-refractivity contribution in [2.45, 2.75) is 45.4 Å². The summed E-state index contributed by atoms with van der Waals surface area (Å²) < 4.78 is 24.7. The van der Waals surface area contributed by atoms with E-state index in [9.17, 15) is 4.39 Å². The summed E-state index contributed by atoms with van der Waals surface area (Å²) in [6.07, 6.45) is 2.60. The monoisotopic (exact) mass is 267 g/mol. The number of rotatable bonds is 8. The van der Waals surface area contributed by atoms with E-state index in [4.69, 9.17) is 9.47 Å². The molecular formula is C15H22FNO2. The minimum absolute atomic E-state index is 0.167. The summed E-state index contributed by atoms with van der Waals surface area (Å²) in [6.45, 7) is 5.43. The molecule has 0 aromatic heterocycles. The lowest BCUT2D eigenvalue weighted by Crippen LogP contribution is -2.17. The van der Waals surface area contributed by atoms with Gasteiger partial charge in [-0.15, -0.1) is 0 Å². The Kier molecular flexibility index (Phi) is 5.16. The lowest BCUT2D eigenvalue weighted by Gasteiger charge is -2.14. The minimum Gasteiger partial charge on any atom is -0.488 e. The third kappa shape index (κ3) is 4.80. The van der Waals surface area contributed by atoms with Crippen LogP contribution in [0.1, 0.15) is 32.3 Å². The Morgan fingerprint density at radius 2 is 2.11 bits per heavy atom. The largest absolute Gasteiger partial charge is 0.488 e. The highest BCUT2D eigenvalue weighted by Gasteiger charge is 2.21. The molecule has 1 aromatic rings. The molecule has 0 spiro atoms. The summed E-state index contributed by atoms with van der Waals surface area (Å²) in [5, 5.41) is 3.37. The maximum absolute atomic E-state index is 13.8. The van der Waals surface area contributed by atoms with Gasteiger partial charge in [-0.2, -0.15) is 0 Å².